The number of carbonyl (C=O) groups excluding carboxylic acids is 1. The van der Waals surface area contributed by atoms with Crippen molar-refractivity contribution in [2.45, 2.75) is 20.0 Å². The van der Waals surface area contributed by atoms with Gasteiger partial charge >= 0.3 is 12.1 Å². The lowest BCUT2D eigenvalue weighted by atomic mass is 10.1. The lowest BCUT2D eigenvalue weighted by molar-refractivity contribution is -0.138. The van der Waals surface area contributed by atoms with Crippen LogP contribution in [0.25, 0.3) is 0 Å². The Kier molecular flexibility index (Phi) is 5.61. The molecule has 6 heteroatoms. The van der Waals surface area contributed by atoms with Gasteiger partial charge in [-0.15, -0.1) is 0 Å². The van der Waals surface area contributed by atoms with Crippen LogP contribution in [-0.2, 0) is 15.7 Å². The number of esters is 1. The molecule has 0 fully saturated rings. The summed E-state index contributed by atoms with van der Waals surface area (Å²) in [5.74, 6) is -0.477. The molecule has 0 aliphatic carbocycles. The van der Waals surface area contributed by atoms with E-state index in [2.05, 4.69) is 10.1 Å². The molecule has 0 saturated heterocycles. The largest absolute Gasteiger partial charge is 0.463 e. The highest BCUT2D eigenvalue weighted by atomic mass is 19.4. The number of anilines is 1. The summed E-state index contributed by atoms with van der Waals surface area (Å²) in [5, 5.41) is 2.83. The van der Waals surface area contributed by atoms with Crippen LogP contribution in [0.2, 0.25) is 0 Å². The van der Waals surface area contributed by atoms with Gasteiger partial charge < -0.3 is 10.1 Å². The number of ether oxygens (including phenoxy) is 1. The molecule has 1 aromatic rings. The summed E-state index contributed by atoms with van der Waals surface area (Å²) < 4.78 is 42.4. The lowest BCUT2D eigenvalue weighted by Crippen LogP contribution is -2.08. The number of hydrogen-bond donors (Lipinski definition) is 1. The van der Waals surface area contributed by atoms with Gasteiger partial charge in [-0.2, -0.15) is 13.2 Å². The zero-order valence-corrected chi connectivity index (χ0v) is 11.3. The molecule has 0 aromatic heterocycles. The van der Waals surface area contributed by atoms with Crippen molar-refractivity contribution in [2.75, 3.05) is 18.5 Å². The molecule has 0 atom stereocenters. The van der Waals surface area contributed by atoms with E-state index in [1.54, 1.807) is 13.8 Å². The van der Waals surface area contributed by atoms with Crippen LogP contribution >= 0.6 is 0 Å². The number of nitrogens with one attached hydrogen (secondary N) is 1. The van der Waals surface area contributed by atoms with Crippen LogP contribution in [0.1, 0.15) is 18.1 Å². The normalized spacial score (nSPS) is 11.7. The summed E-state index contributed by atoms with van der Waals surface area (Å²) in [4.78, 5) is 11.0. The quantitative estimate of drug-likeness (QED) is 0.665. The van der Waals surface area contributed by atoms with Gasteiger partial charge in [0.2, 0.25) is 0 Å². The molecule has 1 N–H and O–H groups in total. The minimum atomic E-state index is -4.37. The van der Waals surface area contributed by atoms with Gasteiger partial charge in [0.25, 0.3) is 0 Å². The number of rotatable bonds is 5. The number of hydrogen-bond acceptors (Lipinski definition) is 3. The molecule has 110 valence electrons. The molecule has 1 aromatic carbocycles. The van der Waals surface area contributed by atoms with Gasteiger partial charge in [-0.1, -0.05) is 12.1 Å². The van der Waals surface area contributed by atoms with Crippen LogP contribution in [0.3, 0.4) is 0 Å². The molecule has 0 unspecified atom stereocenters. The first-order chi connectivity index (χ1) is 9.34. The Balaban J connectivity index is 2.66. The molecule has 0 bridgehead atoms. The summed E-state index contributed by atoms with van der Waals surface area (Å²) in [6, 6.07) is 3.49. The molecule has 0 spiro atoms. The minimum Gasteiger partial charge on any atom is -0.463 e. The van der Waals surface area contributed by atoms with E-state index >= 15 is 0 Å². The second-order valence-electron chi connectivity index (χ2n) is 4.06. The molecule has 0 aliphatic heterocycles. The van der Waals surface area contributed by atoms with Crippen LogP contribution in [-0.4, -0.2) is 19.1 Å². The lowest BCUT2D eigenvalue weighted by Gasteiger charge is -2.12. The van der Waals surface area contributed by atoms with Crippen molar-refractivity contribution in [3.63, 3.8) is 0 Å². The number of aryl methyl sites for hydroxylation is 1. The van der Waals surface area contributed by atoms with Gasteiger partial charge in [0.15, 0.2) is 0 Å². The molecule has 0 amide bonds. The second-order valence-corrected chi connectivity index (χ2v) is 4.06. The molecular formula is C14H16F3NO2. The molecule has 0 heterocycles. The molecular weight excluding hydrogens is 271 g/mol. The maximum Gasteiger partial charge on any atom is 0.416 e. The van der Waals surface area contributed by atoms with Crippen molar-refractivity contribution in [2.24, 2.45) is 0 Å². The molecule has 20 heavy (non-hydrogen) atoms. The Bertz CT molecular complexity index is 496. The van der Waals surface area contributed by atoms with Crippen molar-refractivity contribution >= 4 is 11.7 Å². The Hall–Kier alpha value is -1.98. The first-order valence-electron chi connectivity index (χ1n) is 6.09. The standard InChI is InChI=1S/C14H16F3NO2/c1-3-20-13(19)5-4-8-18-12-9-11(14(15,16)17)7-6-10(12)2/h4-7,9,18H,3,8H2,1-2H3/b5-4+. The van der Waals surface area contributed by atoms with E-state index in [9.17, 15) is 18.0 Å². The van der Waals surface area contributed by atoms with Crippen LogP contribution in [0.5, 0.6) is 0 Å². The average molecular weight is 287 g/mol. The summed E-state index contributed by atoms with van der Waals surface area (Å²) in [7, 11) is 0. The summed E-state index contributed by atoms with van der Waals surface area (Å²) in [5.41, 5.74) is 0.371. The van der Waals surface area contributed by atoms with Crippen molar-refractivity contribution in [1.29, 1.82) is 0 Å². The molecule has 0 aliphatic rings. The predicted molar refractivity (Wildman–Crippen MR) is 70.4 cm³/mol. The van der Waals surface area contributed by atoms with E-state index in [0.717, 1.165) is 12.1 Å². The Morgan fingerprint density at radius 1 is 1.40 bits per heavy atom. The van der Waals surface area contributed by atoms with Gasteiger partial charge in [-0.25, -0.2) is 4.79 Å². The Morgan fingerprint density at radius 2 is 2.10 bits per heavy atom. The highest BCUT2D eigenvalue weighted by Gasteiger charge is 2.30. The average Bonchev–Trinajstić information content (AvgIpc) is 2.35. The number of benzene rings is 1. The third-order valence-electron chi connectivity index (χ3n) is 2.52. The minimum absolute atomic E-state index is 0.237. The van der Waals surface area contributed by atoms with Crippen molar-refractivity contribution < 1.29 is 22.7 Å². The molecule has 0 saturated carbocycles. The fraction of sp³-hybridized carbons (Fsp3) is 0.357. The Morgan fingerprint density at radius 3 is 2.70 bits per heavy atom. The van der Waals surface area contributed by atoms with Crippen LogP contribution in [0.15, 0.2) is 30.4 Å². The first kappa shape index (κ1) is 16.1. The maximum absolute atomic E-state index is 12.6. The van der Waals surface area contributed by atoms with Crippen LogP contribution in [0.4, 0.5) is 18.9 Å². The summed E-state index contributed by atoms with van der Waals surface area (Å²) >= 11 is 0. The Labute approximate surface area is 115 Å². The van der Waals surface area contributed by atoms with Crippen molar-refractivity contribution in [3.8, 4) is 0 Å². The van der Waals surface area contributed by atoms with Crippen LogP contribution < -0.4 is 5.32 Å². The first-order valence-corrected chi connectivity index (χ1v) is 6.09. The van der Waals surface area contributed by atoms with Crippen molar-refractivity contribution in [1.82, 2.24) is 0 Å². The predicted octanol–water partition coefficient (Wildman–Crippen LogP) is 3.55. The number of carbonyl (C=O) groups is 1. The SMILES string of the molecule is CCOC(=O)/C=C/CNc1cc(C(F)(F)F)ccc1C. The van der Waals surface area contributed by atoms with E-state index < -0.39 is 17.7 Å². The monoisotopic (exact) mass is 287 g/mol. The van der Waals surface area contributed by atoms with E-state index in [1.807, 2.05) is 0 Å². The fourth-order valence-electron chi connectivity index (χ4n) is 1.50. The molecule has 3 nitrogen and oxygen atoms in total. The van der Waals surface area contributed by atoms with E-state index in [0.29, 0.717) is 11.3 Å². The van der Waals surface area contributed by atoms with Gasteiger partial charge in [0.05, 0.1) is 12.2 Å². The van der Waals surface area contributed by atoms with Gasteiger partial charge in [-0.3, -0.25) is 0 Å². The van der Waals surface area contributed by atoms with Gasteiger partial charge in [-0.05, 0) is 31.5 Å². The third kappa shape index (κ3) is 4.95. The van der Waals surface area contributed by atoms with E-state index in [4.69, 9.17) is 0 Å². The van der Waals surface area contributed by atoms with Crippen molar-refractivity contribution in [3.05, 3.63) is 41.5 Å². The molecule has 1 rings (SSSR count). The second kappa shape index (κ2) is 6.98. The number of alkyl halides is 3. The highest BCUT2D eigenvalue weighted by molar-refractivity contribution is 5.81. The van der Waals surface area contributed by atoms with E-state index in [-0.39, 0.29) is 13.2 Å². The fourth-order valence-corrected chi connectivity index (χ4v) is 1.50. The van der Waals surface area contributed by atoms with Crippen LogP contribution in [0, 0.1) is 6.92 Å². The van der Waals surface area contributed by atoms with Gasteiger partial charge in [0.1, 0.15) is 0 Å². The van der Waals surface area contributed by atoms with Gasteiger partial charge in [0, 0.05) is 18.3 Å². The molecule has 0 radical (unpaired) electrons. The topological polar surface area (TPSA) is 38.3 Å². The highest BCUT2D eigenvalue weighted by Crippen LogP contribution is 2.31. The number of halogens is 3. The maximum atomic E-state index is 12.6. The summed E-state index contributed by atoms with van der Waals surface area (Å²) in [6.07, 6.45) is -1.64. The van der Waals surface area contributed by atoms with E-state index in [1.165, 1.54) is 18.2 Å². The zero-order valence-electron chi connectivity index (χ0n) is 11.3. The zero-order chi connectivity index (χ0) is 15.2. The third-order valence-corrected chi connectivity index (χ3v) is 2.52. The smallest absolute Gasteiger partial charge is 0.416 e. The summed E-state index contributed by atoms with van der Waals surface area (Å²) in [6.45, 7) is 3.91.